The number of amides is 1. The summed E-state index contributed by atoms with van der Waals surface area (Å²) in [6.45, 7) is 7.43. The Bertz CT molecular complexity index is 810. The van der Waals surface area contributed by atoms with Crippen LogP contribution in [-0.4, -0.2) is 55.1 Å². The number of pyridine rings is 1. The highest BCUT2D eigenvalue weighted by Gasteiger charge is 2.23. The molecule has 2 aromatic rings. The fourth-order valence-corrected chi connectivity index (χ4v) is 4.14. The third kappa shape index (κ3) is 4.25. The van der Waals surface area contributed by atoms with Gasteiger partial charge in [-0.3, -0.25) is 4.79 Å². The van der Waals surface area contributed by atoms with Crippen molar-refractivity contribution >= 4 is 29.0 Å². The van der Waals surface area contributed by atoms with Crippen molar-refractivity contribution < 1.29 is 4.79 Å². The van der Waals surface area contributed by atoms with E-state index in [1.54, 1.807) is 6.20 Å². The van der Waals surface area contributed by atoms with Crippen molar-refractivity contribution in [2.75, 3.05) is 49.1 Å². The minimum Gasteiger partial charge on any atom is -0.368 e. The van der Waals surface area contributed by atoms with Crippen molar-refractivity contribution in [1.82, 2.24) is 9.88 Å². The lowest BCUT2D eigenvalue weighted by Gasteiger charge is -2.36. The standard InChI is InChI=1S/C22H27ClN4O/c1-17-7-9-26(10-8-17)21-6-5-18(16-24-21)22(28)27-13-11-25(12-14-27)20-4-2-3-19(23)15-20/h2-6,15-17H,7-14H2,1H3. The van der Waals surface area contributed by atoms with Crippen LogP contribution in [0.4, 0.5) is 11.5 Å². The zero-order valence-electron chi connectivity index (χ0n) is 16.4. The molecule has 0 spiro atoms. The number of carbonyl (C=O) groups excluding carboxylic acids is 1. The van der Waals surface area contributed by atoms with Gasteiger partial charge in [-0.15, -0.1) is 0 Å². The molecular formula is C22H27ClN4O. The molecule has 3 heterocycles. The molecule has 1 aromatic heterocycles. The summed E-state index contributed by atoms with van der Waals surface area (Å²) < 4.78 is 0. The molecule has 0 aliphatic carbocycles. The van der Waals surface area contributed by atoms with Crippen molar-refractivity contribution in [3.8, 4) is 0 Å². The lowest BCUT2D eigenvalue weighted by atomic mass is 9.99. The topological polar surface area (TPSA) is 39.7 Å². The van der Waals surface area contributed by atoms with Crippen molar-refractivity contribution in [3.05, 3.63) is 53.2 Å². The minimum absolute atomic E-state index is 0.0667. The molecule has 148 valence electrons. The molecule has 0 atom stereocenters. The van der Waals surface area contributed by atoms with Gasteiger partial charge in [0.15, 0.2) is 0 Å². The Kier molecular flexibility index (Phi) is 5.72. The number of hydrogen-bond donors (Lipinski definition) is 0. The summed E-state index contributed by atoms with van der Waals surface area (Å²) >= 11 is 6.10. The van der Waals surface area contributed by atoms with E-state index in [0.717, 1.165) is 48.6 Å². The highest BCUT2D eigenvalue weighted by Crippen LogP contribution is 2.23. The van der Waals surface area contributed by atoms with Gasteiger partial charge in [-0.25, -0.2) is 4.98 Å². The van der Waals surface area contributed by atoms with E-state index in [1.165, 1.54) is 12.8 Å². The molecule has 0 N–H and O–H groups in total. The van der Waals surface area contributed by atoms with Crippen molar-refractivity contribution in [2.24, 2.45) is 5.92 Å². The molecule has 6 heteroatoms. The molecule has 0 unspecified atom stereocenters. The van der Waals surface area contributed by atoms with Gasteiger partial charge in [0.1, 0.15) is 5.82 Å². The van der Waals surface area contributed by atoms with E-state index >= 15 is 0 Å². The number of carbonyl (C=O) groups is 1. The Morgan fingerprint density at radius 2 is 1.75 bits per heavy atom. The van der Waals surface area contributed by atoms with Crippen molar-refractivity contribution in [3.63, 3.8) is 0 Å². The number of hydrogen-bond acceptors (Lipinski definition) is 4. The average molecular weight is 399 g/mol. The zero-order chi connectivity index (χ0) is 19.5. The van der Waals surface area contributed by atoms with Crippen LogP contribution in [0.1, 0.15) is 30.1 Å². The van der Waals surface area contributed by atoms with Crippen LogP contribution in [0, 0.1) is 5.92 Å². The normalized spacial score (nSPS) is 18.4. The predicted octanol–water partition coefficient (Wildman–Crippen LogP) is 3.93. The zero-order valence-corrected chi connectivity index (χ0v) is 17.1. The fraction of sp³-hybridized carbons (Fsp3) is 0.455. The van der Waals surface area contributed by atoms with Crippen LogP contribution in [0.15, 0.2) is 42.6 Å². The van der Waals surface area contributed by atoms with Crippen LogP contribution in [0.3, 0.4) is 0 Å². The summed E-state index contributed by atoms with van der Waals surface area (Å²) in [4.78, 5) is 23.9. The average Bonchev–Trinajstić information content (AvgIpc) is 2.74. The summed E-state index contributed by atoms with van der Waals surface area (Å²) in [6.07, 6.45) is 4.15. The number of nitrogens with zero attached hydrogens (tertiary/aromatic N) is 4. The molecule has 2 saturated heterocycles. The molecule has 5 nitrogen and oxygen atoms in total. The van der Waals surface area contributed by atoms with E-state index in [0.29, 0.717) is 18.7 Å². The molecule has 2 aliphatic rings. The van der Waals surface area contributed by atoms with Crippen LogP contribution in [0.2, 0.25) is 5.02 Å². The molecule has 28 heavy (non-hydrogen) atoms. The van der Waals surface area contributed by atoms with Gasteiger partial charge < -0.3 is 14.7 Å². The molecule has 0 bridgehead atoms. The second-order valence-electron chi connectivity index (χ2n) is 7.83. The van der Waals surface area contributed by atoms with Gasteiger partial charge in [-0.1, -0.05) is 24.6 Å². The number of aromatic nitrogens is 1. The molecule has 1 aromatic carbocycles. The lowest BCUT2D eigenvalue weighted by molar-refractivity contribution is 0.0746. The first-order chi connectivity index (χ1) is 13.6. The summed E-state index contributed by atoms with van der Waals surface area (Å²) in [5.74, 6) is 1.84. The highest BCUT2D eigenvalue weighted by molar-refractivity contribution is 6.30. The molecule has 1 amide bonds. The fourth-order valence-electron chi connectivity index (χ4n) is 3.96. The first kappa shape index (κ1) is 19.1. The van der Waals surface area contributed by atoms with Crippen LogP contribution < -0.4 is 9.80 Å². The van der Waals surface area contributed by atoms with E-state index in [-0.39, 0.29) is 5.91 Å². The summed E-state index contributed by atoms with van der Waals surface area (Å²) in [5, 5.41) is 0.741. The number of benzene rings is 1. The smallest absolute Gasteiger partial charge is 0.255 e. The van der Waals surface area contributed by atoms with Crippen LogP contribution in [-0.2, 0) is 0 Å². The monoisotopic (exact) mass is 398 g/mol. The van der Waals surface area contributed by atoms with Crippen LogP contribution in [0.5, 0.6) is 0 Å². The highest BCUT2D eigenvalue weighted by atomic mass is 35.5. The molecular weight excluding hydrogens is 372 g/mol. The predicted molar refractivity (Wildman–Crippen MR) is 114 cm³/mol. The summed E-state index contributed by atoms with van der Waals surface area (Å²) in [7, 11) is 0. The number of piperazine rings is 1. The Morgan fingerprint density at radius 1 is 1.00 bits per heavy atom. The van der Waals surface area contributed by atoms with E-state index in [2.05, 4.69) is 27.8 Å². The Hall–Kier alpha value is -2.27. The second kappa shape index (κ2) is 8.39. The van der Waals surface area contributed by atoms with E-state index in [4.69, 9.17) is 11.6 Å². The van der Waals surface area contributed by atoms with Crippen molar-refractivity contribution in [2.45, 2.75) is 19.8 Å². The lowest BCUT2D eigenvalue weighted by Crippen LogP contribution is -2.48. The first-order valence-corrected chi connectivity index (χ1v) is 10.5. The van der Waals surface area contributed by atoms with Gasteiger partial charge in [0.2, 0.25) is 0 Å². The van der Waals surface area contributed by atoms with E-state index < -0.39 is 0 Å². The Balaban J connectivity index is 1.35. The first-order valence-electron chi connectivity index (χ1n) is 10.1. The molecule has 4 rings (SSSR count). The van der Waals surface area contributed by atoms with Gasteiger partial charge in [-0.05, 0) is 49.1 Å². The molecule has 0 saturated carbocycles. The van der Waals surface area contributed by atoms with Gasteiger partial charge in [-0.2, -0.15) is 0 Å². The maximum absolute atomic E-state index is 12.9. The van der Waals surface area contributed by atoms with E-state index in [9.17, 15) is 4.79 Å². The third-order valence-electron chi connectivity index (χ3n) is 5.84. The van der Waals surface area contributed by atoms with Gasteiger partial charge in [0, 0.05) is 56.2 Å². The van der Waals surface area contributed by atoms with Gasteiger partial charge >= 0.3 is 0 Å². The van der Waals surface area contributed by atoms with Crippen LogP contribution >= 0.6 is 11.6 Å². The quantitative estimate of drug-likeness (QED) is 0.785. The summed E-state index contributed by atoms with van der Waals surface area (Å²) in [5.41, 5.74) is 1.78. The Morgan fingerprint density at radius 3 is 2.39 bits per heavy atom. The maximum Gasteiger partial charge on any atom is 0.255 e. The third-order valence-corrected chi connectivity index (χ3v) is 6.08. The van der Waals surface area contributed by atoms with Crippen LogP contribution in [0.25, 0.3) is 0 Å². The number of halogens is 1. The minimum atomic E-state index is 0.0667. The molecule has 2 aliphatic heterocycles. The van der Waals surface area contributed by atoms with Crippen molar-refractivity contribution in [1.29, 1.82) is 0 Å². The largest absolute Gasteiger partial charge is 0.368 e. The molecule has 2 fully saturated rings. The SMILES string of the molecule is CC1CCN(c2ccc(C(=O)N3CCN(c4cccc(Cl)c4)CC3)cn2)CC1. The number of anilines is 2. The number of rotatable bonds is 3. The van der Waals surface area contributed by atoms with E-state index in [1.807, 2.05) is 35.2 Å². The second-order valence-corrected chi connectivity index (χ2v) is 8.27. The van der Waals surface area contributed by atoms with Gasteiger partial charge in [0.05, 0.1) is 5.56 Å². The Labute approximate surface area is 171 Å². The maximum atomic E-state index is 12.9. The molecule has 0 radical (unpaired) electrons. The number of piperidine rings is 1. The van der Waals surface area contributed by atoms with Gasteiger partial charge in [0.25, 0.3) is 5.91 Å². The summed E-state index contributed by atoms with van der Waals surface area (Å²) in [6, 6.07) is 11.8.